The maximum absolute atomic E-state index is 12.2. The van der Waals surface area contributed by atoms with E-state index in [1.54, 1.807) is 0 Å². The van der Waals surface area contributed by atoms with Gasteiger partial charge in [-0.15, -0.1) is 0 Å². The zero-order valence-electron chi connectivity index (χ0n) is 11.3. The van der Waals surface area contributed by atoms with Crippen molar-refractivity contribution in [2.24, 2.45) is 7.05 Å². The Hall–Kier alpha value is -1.93. The van der Waals surface area contributed by atoms with E-state index in [4.69, 9.17) is 5.73 Å². The van der Waals surface area contributed by atoms with E-state index in [9.17, 15) is 22.8 Å². The summed E-state index contributed by atoms with van der Waals surface area (Å²) >= 11 is 0. The molecule has 0 saturated carbocycles. The van der Waals surface area contributed by atoms with Crippen LogP contribution in [0.2, 0.25) is 0 Å². The van der Waals surface area contributed by atoms with Gasteiger partial charge in [0.2, 0.25) is 0 Å². The average molecular weight is 294 g/mol. The van der Waals surface area contributed by atoms with E-state index in [1.807, 2.05) is 12.2 Å². The van der Waals surface area contributed by atoms with Gasteiger partial charge in [-0.05, 0) is 6.42 Å². The molecule has 20 heavy (non-hydrogen) atoms. The number of anilines is 2. The number of unbranched alkanes of at least 4 members (excludes halogenated alkanes) is 1. The highest BCUT2D eigenvalue weighted by Crippen LogP contribution is 2.17. The monoisotopic (exact) mass is 294 g/mol. The van der Waals surface area contributed by atoms with Crippen molar-refractivity contribution in [2.75, 3.05) is 17.6 Å². The number of nitrogens with zero attached hydrogens (tertiary/aromatic N) is 2. The first-order valence-electron chi connectivity index (χ1n) is 6.09. The highest BCUT2D eigenvalue weighted by atomic mass is 19.4. The van der Waals surface area contributed by atoms with Crippen molar-refractivity contribution in [1.82, 2.24) is 9.13 Å². The molecule has 1 rings (SSSR count). The first-order chi connectivity index (χ1) is 9.19. The van der Waals surface area contributed by atoms with Gasteiger partial charge in [0, 0.05) is 13.6 Å². The van der Waals surface area contributed by atoms with Gasteiger partial charge < -0.3 is 11.1 Å². The normalized spacial score (nSPS) is 11.7. The van der Waals surface area contributed by atoms with Gasteiger partial charge in [-0.3, -0.25) is 13.9 Å². The molecule has 3 N–H and O–H groups in total. The van der Waals surface area contributed by atoms with Gasteiger partial charge in [-0.25, -0.2) is 4.79 Å². The molecular weight excluding hydrogens is 277 g/mol. The zero-order valence-corrected chi connectivity index (χ0v) is 11.3. The fourth-order valence-electron chi connectivity index (χ4n) is 1.67. The van der Waals surface area contributed by atoms with Crippen molar-refractivity contribution in [2.45, 2.75) is 32.5 Å². The lowest BCUT2D eigenvalue weighted by atomic mass is 10.3. The predicted octanol–water partition coefficient (Wildman–Crippen LogP) is 0.904. The topological polar surface area (TPSA) is 82.0 Å². The van der Waals surface area contributed by atoms with Gasteiger partial charge >= 0.3 is 11.9 Å². The third kappa shape index (κ3) is 3.55. The fraction of sp³-hybridized carbons (Fsp3) is 0.636. The summed E-state index contributed by atoms with van der Waals surface area (Å²) in [5, 5.41) is 1.96. The molecule has 0 radical (unpaired) electrons. The van der Waals surface area contributed by atoms with Crippen LogP contribution in [0, 0.1) is 0 Å². The molecular formula is C11H17F3N4O2. The summed E-state index contributed by atoms with van der Waals surface area (Å²) in [5.41, 5.74) is 3.73. The van der Waals surface area contributed by atoms with Crippen molar-refractivity contribution < 1.29 is 13.2 Å². The molecule has 0 aliphatic heterocycles. The minimum Gasteiger partial charge on any atom is -0.383 e. The zero-order chi connectivity index (χ0) is 15.5. The number of rotatable bonds is 5. The van der Waals surface area contributed by atoms with Crippen LogP contribution in [0.25, 0.3) is 0 Å². The number of nitrogens with one attached hydrogen (secondary N) is 1. The molecule has 0 atom stereocenters. The first-order valence-corrected chi connectivity index (χ1v) is 6.09. The summed E-state index contributed by atoms with van der Waals surface area (Å²) in [6.45, 7) is 0.750. The largest absolute Gasteiger partial charge is 0.405 e. The standard InChI is InChI=1S/C11H17F3N4O2/c1-3-4-5-18-8(15)7(16-6-11(12,13)14)9(19)17(2)10(18)20/h16H,3-6,15H2,1-2H3. The van der Waals surface area contributed by atoms with Crippen LogP contribution < -0.4 is 22.3 Å². The molecule has 0 unspecified atom stereocenters. The number of halogens is 3. The lowest BCUT2D eigenvalue weighted by Crippen LogP contribution is -2.41. The van der Waals surface area contributed by atoms with Gasteiger partial charge in [-0.2, -0.15) is 13.2 Å². The van der Waals surface area contributed by atoms with E-state index < -0.39 is 29.7 Å². The van der Waals surface area contributed by atoms with E-state index >= 15 is 0 Å². The molecule has 0 aliphatic carbocycles. The second-order valence-corrected chi connectivity index (χ2v) is 4.38. The third-order valence-electron chi connectivity index (χ3n) is 2.78. The summed E-state index contributed by atoms with van der Waals surface area (Å²) in [6, 6.07) is 0. The molecule has 0 fully saturated rings. The fourth-order valence-corrected chi connectivity index (χ4v) is 1.67. The Bertz CT molecular complexity index is 589. The van der Waals surface area contributed by atoms with Crippen LogP contribution in [0.15, 0.2) is 9.59 Å². The predicted molar refractivity (Wildman–Crippen MR) is 69.8 cm³/mol. The number of nitrogen functional groups attached to an aromatic ring is 1. The molecule has 0 saturated heterocycles. The summed E-state index contributed by atoms with van der Waals surface area (Å²) in [7, 11) is 1.20. The van der Waals surface area contributed by atoms with E-state index in [0.29, 0.717) is 6.42 Å². The summed E-state index contributed by atoms with van der Waals surface area (Å²) in [5.74, 6) is -0.268. The Morgan fingerprint density at radius 2 is 1.90 bits per heavy atom. The first kappa shape index (κ1) is 16.1. The second-order valence-electron chi connectivity index (χ2n) is 4.38. The number of aromatic nitrogens is 2. The van der Waals surface area contributed by atoms with Crippen LogP contribution >= 0.6 is 0 Å². The van der Waals surface area contributed by atoms with Crippen molar-refractivity contribution in [3.8, 4) is 0 Å². The summed E-state index contributed by atoms with van der Waals surface area (Å²) in [4.78, 5) is 23.7. The maximum Gasteiger partial charge on any atom is 0.405 e. The minimum atomic E-state index is -4.48. The maximum atomic E-state index is 12.2. The Balaban J connectivity index is 3.27. The highest BCUT2D eigenvalue weighted by molar-refractivity contribution is 5.60. The molecule has 1 aromatic heterocycles. The van der Waals surface area contributed by atoms with Crippen molar-refractivity contribution in [3.63, 3.8) is 0 Å². The van der Waals surface area contributed by atoms with Gasteiger partial charge in [0.1, 0.15) is 18.1 Å². The SMILES string of the molecule is CCCCn1c(N)c(NCC(F)(F)F)c(=O)n(C)c1=O. The van der Waals surface area contributed by atoms with E-state index in [-0.39, 0.29) is 12.4 Å². The van der Waals surface area contributed by atoms with Crippen LogP contribution in [0.4, 0.5) is 24.7 Å². The van der Waals surface area contributed by atoms with Crippen molar-refractivity contribution >= 4 is 11.5 Å². The lowest BCUT2D eigenvalue weighted by molar-refractivity contribution is -0.115. The Labute approximate surface area is 113 Å². The van der Waals surface area contributed by atoms with Crippen LogP contribution in [-0.2, 0) is 13.6 Å². The van der Waals surface area contributed by atoms with Gasteiger partial charge in [0.15, 0.2) is 0 Å². The number of hydrogen-bond donors (Lipinski definition) is 2. The number of hydrogen-bond acceptors (Lipinski definition) is 4. The van der Waals surface area contributed by atoms with Crippen molar-refractivity contribution in [1.29, 1.82) is 0 Å². The van der Waals surface area contributed by atoms with E-state index in [0.717, 1.165) is 15.6 Å². The molecule has 0 amide bonds. The van der Waals surface area contributed by atoms with Crippen molar-refractivity contribution in [3.05, 3.63) is 20.8 Å². The number of alkyl halides is 3. The quantitative estimate of drug-likeness (QED) is 0.845. The molecule has 9 heteroatoms. The number of nitrogens with two attached hydrogens (primary N) is 1. The van der Waals surface area contributed by atoms with Crippen LogP contribution in [-0.4, -0.2) is 21.9 Å². The minimum absolute atomic E-state index is 0.246. The third-order valence-corrected chi connectivity index (χ3v) is 2.78. The molecule has 0 aliphatic rings. The smallest absolute Gasteiger partial charge is 0.383 e. The van der Waals surface area contributed by atoms with E-state index in [1.165, 1.54) is 7.05 Å². The lowest BCUT2D eigenvalue weighted by Gasteiger charge is -2.16. The molecule has 1 heterocycles. The summed E-state index contributed by atoms with van der Waals surface area (Å²) < 4.78 is 38.5. The van der Waals surface area contributed by atoms with Crippen LogP contribution in [0.1, 0.15) is 19.8 Å². The highest BCUT2D eigenvalue weighted by Gasteiger charge is 2.28. The Morgan fingerprint density at radius 3 is 2.40 bits per heavy atom. The molecule has 6 nitrogen and oxygen atoms in total. The van der Waals surface area contributed by atoms with E-state index in [2.05, 4.69) is 0 Å². The molecule has 114 valence electrons. The molecule has 0 spiro atoms. The molecule has 1 aromatic rings. The van der Waals surface area contributed by atoms with Gasteiger partial charge in [-0.1, -0.05) is 13.3 Å². The average Bonchev–Trinajstić information content (AvgIpc) is 2.35. The van der Waals surface area contributed by atoms with Crippen LogP contribution in [0.3, 0.4) is 0 Å². The Morgan fingerprint density at radius 1 is 1.30 bits per heavy atom. The van der Waals surface area contributed by atoms with Gasteiger partial charge in [0.05, 0.1) is 0 Å². The van der Waals surface area contributed by atoms with Gasteiger partial charge in [0.25, 0.3) is 5.56 Å². The second kappa shape index (κ2) is 6.02. The molecule has 0 aromatic carbocycles. The van der Waals surface area contributed by atoms with Crippen LogP contribution in [0.5, 0.6) is 0 Å². The summed E-state index contributed by atoms with van der Waals surface area (Å²) in [6.07, 6.45) is -3.08. The Kier molecular flexibility index (Phi) is 4.85. The molecule has 0 bridgehead atoms.